The summed E-state index contributed by atoms with van der Waals surface area (Å²) < 4.78 is 7.23. The van der Waals surface area contributed by atoms with Gasteiger partial charge in [-0.15, -0.1) is 0 Å². The highest BCUT2D eigenvalue weighted by Gasteiger charge is 2.67. The monoisotopic (exact) mass is 279 g/mol. The number of nitrogens with two attached hydrogens (primary N) is 1. The minimum Gasteiger partial charge on any atom is -0.393 e. The summed E-state index contributed by atoms with van der Waals surface area (Å²) in [5, 5.41) is 19.6. The minimum atomic E-state index is -0.776. The molecule has 20 heavy (non-hydrogen) atoms. The first-order valence-corrected chi connectivity index (χ1v) is 6.25. The van der Waals surface area contributed by atoms with E-state index in [0.29, 0.717) is 6.42 Å². The predicted molar refractivity (Wildman–Crippen MR) is 66.6 cm³/mol. The molecule has 0 spiro atoms. The molecule has 1 saturated heterocycles. The molecule has 2 aliphatic rings. The number of H-pyrrole nitrogens is 1. The van der Waals surface area contributed by atoms with Gasteiger partial charge in [0.2, 0.25) is 5.95 Å². The molecule has 106 valence electrons. The molecular weight excluding hydrogens is 266 g/mol. The van der Waals surface area contributed by atoms with Crippen LogP contribution in [0.15, 0.2) is 11.1 Å². The van der Waals surface area contributed by atoms with E-state index in [1.807, 2.05) is 0 Å². The summed E-state index contributed by atoms with van der Waals surface area (Å²) >= 11 is 0. The van der Waals surface area contributed by atoms with Crippen molar-refractivity contribution in [1.82, 2.24) is 19.5 Å². The van der Waals surface area contributed by atoms with Crippen LogP contribution in [-0.4, -0.2) is 48.0 Å². The van der Waals surface area contributed by atoms with Crippen molar-refractivity contribution in [2.24, 2.45) is 5.92 Å². The second-order valence-electron chi connectivity index (χ2n) is 5.31. The maximum Gasteiger partial charge on any atom is 0.280 e. The molecule has 5 N–H and O–H groups in total. The number of aromatic nitrogens is 4. The van der Waals surface area contributed by atoms with Gasteiger partial charge in [0, 0.05) is 5.92 Å². The SMILES string of the molecule is Nc1nc2c(ncn2[C@@H]2O[C@@]3(CO)C[C@H]3[C@H]2O)c(=O)[nH]1. The van der Waals surface area contributed by atoms with E-state index >= 15 is 0 Å². The third kappa shape index (κ3) is 1.34. The molecule has 0 amide bonds. The molecule has 3 heterocycles. The third-order valence-corrected chi connectivity index (χ3v) is 4.13. The van der Waals surface area contributed by atoms with E-state index in [2.05, 4.69) is 15.0 Å². The minimum absolute atomic E-state index is 0.0289. The fraction of sp³-hybridized carbons (Fsp3) is 0.545. The number of nitrogens with zero attached hydrogens (tertiary/aromatic N) is 3. The van der Waals surface area contributed by atoms with E-state index in [1.165, 1.54) is 10.9 Å². The van der Waals surface area contributed by atoms with E-state index < -0.39 is 23.5 Å². The van der Waals surface area contributed by atoms with Crippen LogP contribution in [-0.2, 0) is 4.74 Å². The first-order valence-electron chi connectivity index (χ1n) is 6.25. The normalized spacial score (nSPS) is 35.4. The molecule has 1 aliphatic carbocycles. The Bertz CT molecular complexity index is 755. The van der Waals surface area contributed by atoms with Crippen LogP contribution in [0.3, 0.4) is 0 Å². The number of fused-ring (bicyclic) bond motifs is 2. The average Bonchev–Trinajstić information content (AvgIpc) is 2.87. The van der Waals surface area contributed by atoms with Gasteiger partial charge in [-0.2, -0.15) is 4.98 Å². The number of aliphatic hydroxyl groups is 2. The van der Waals surface area contributed by atoms with Crippen LogP contribution in [0.2, 0.25) is 0 Å². The molecule has 4 rings (SSSR count). The lowest BCUT2D eigenvalue weighted by atomic mass is 10.2. The smallest absolute Gasteiger partial charge is 0.280 e. The molecule has 0 radical (unpaired) electrons. The van der Waals surface area contributed by atoms with Gasteiger partial charge in [-0.25, -0.2) is 4.98 Å². The summed E-state index contributed by atoms with van der Waals surface area (Å²) in [6, 6.07) is 0. The van der Waals surface area contributed by atoms with Crippen molar-refractivity contribution in [2.45, 2.75) is 24.4 Å². The highest BCUT2D eigenvalue weighted by Crippen LogP contribution is 2.58. The van der Waals surface area contributed by atoms with E-state index in [0.717, 1.165) is 0 Å². The number of ether oxygens (including phenoxy) is 1. The van der Waals surface area contributed by atoms with Crippen molar-refractivity contribution < 1.29 is 14.9 Å². The van der Waals surface area contributed by atoms with Crippen molar-refractivity contribution in [3.8, 4) is 0 Å². The van der Waals surface area contributed by atoms with E-state index in [4.69, 9.17) is 10.5 Å². The van der Waals surface area contributed by atoms with E-state index in [9.17, 15) is 15.0 Å². The Hall–Kier alpha value is -1.97. The molecule has 1 aliphatic heterocycles. The molecule has 9 heteroatoms. The predicted octanol–water partition coefficient (Wildman–Crippen LogP) is -1.66. The van der Waals surface area contributed by atoms with Crippen LogP contribution >= 0.6 is 0 Å². The van der Waals surface area contributed by atoms with E-state index in [-0.39, 0.29) is 29.6 Å². The Morgan fingerprint density at radius 1 is 1.65 bits per heavy atom. The fourth-order valence-corrected chi connectivity index (χ4v) is 2.96. The number of anilines is 1. The fourth-order valence-electron chi connectivity index (χ4n) is 2.96. The number of imidazole rings is 1. The lowest BCUT2D eigenvalue weighted by molar-refractivity contribution is -0.0889. The number of hydrogen-bond donors (Lipinski definition) is 4. The van der Waals surface area contributed by atoms with Gasteiger partial charge in [0.05, 0.1) is 18.5 Å². The van der Waals surface area contributed by atoms with Gasteiger partial charge in [0.25, 0.3) is 5.56 Å². The number of nitrogens with one attached hydrogen (secondary N) is 1. The van der Waals surface area contributed by atoms with Crippen LogP contribution in [0.4, 0.5) is 5.95 Å². The third-order valence-electron chi connectivity index (χ3n) is 4.13. The Morgan fingerprint density at radius 3 is 3.15 bits per heavy atom. The Morgan fingerprint density at radius 2 is 2.45 bits per heavy atom. The molecule has 9 nitrogen and oxygen atoms in total. The molecule has 2 aromatic heterocycles. The molecular formula is C11H13N5O4. The Labute approximate surface area is 112 Å². The summed E-state index contributed by atoms with van der Waals surface area (Å²) in [6.07, 6.45) is 0.515. The van der Waals surface area contributed by atoms with Crippen molar-refractivity contribution in [3.63, 3.8) is 0 Å². The summed E-state index contributed by atoms with van der Waals surface area (Å²) in [5.41, 5.74) is 4.79. The van der Waals surface area contributed by atoms with Crippen molar-refractivity contribution >= 4 is 17.1 Å². The summed E-state index contributed by atoms with van der Waals surface area (Å²) in [6.45, 7) is -0.145. The van der Waals surface area contributed by atoms with Crippen molar-refractivity contribution in [2.75, 3.05) is 12.3 Å². The number of aliphatic hydroxyl groups excluding tert-OH is 2. The molecule has 0 aromatic carbocycles. The molecule has 2 fully saturated rings. The number of rotatable bonds is 2. The van der Waals surface area contributed by atoms with Gasteiger partial charge in [-0.05, 0) is 6.42 Å². The van der Waals surface area contributed by atoms with Gasteiger partial charge in [0.1, 0.15) is 6.10 Å². The lowest BCUT2D eigenvalue weighted by Gasteiger charge is -2.20. The Balaban J connectivity index is 1.82. The zero-order valence-electron chi connectivity index (χ0n) is 10.4. The number of nitrogen functional groups attached to an aromatic ring is 1. The first-order chi connectivity index (χ1) is 9.55. The largest absolute Gasteiger partial charge is 0.393 e. The maximum absolute atomic E-state index is 11.7. The highest BCUT2D eigenvalue weighted by atomic mass is 16.6. The van der Waals surface area contributed by atoms with Crippen molar-refractivity contribution in [3.05, 3.63) is 16.7 Å². The molecule has 1 saturated carbocycles. The lowest BCUT2D eigenvalue weighted by Crippen LogP contribution is -2.25. The zero-order valence-corrected chi connectivity index (χ0v) is 10.4. The van der Waals surface area contributed by atoms with Crippen LogP contribution in [0.5, 0.6) is 0 Å². The first kappa shape index (κ1) is 11.8. The highest BCUT2D eigenvalue weighted by molar-refractivity contribution is 5.70. The topological polar surface area (TPSA) is 139 Å². The van der Waals surface area contributed by atoms with E-state index in [1.54, 1.807) is 0 Å². The van der Waals surface area contributed by atoms with Gasteiger partial charge in [-0.1, -0.05) is 0 Å². The maximum atomic E-state index is 11.7. The summed E-state index contributed by atoms with van der Waals surface area (Å²) in [7, 11) is 0. The standard InChI is InChI=1S/C11H13N5O4/c12-10-14-7-5(8(19)15-10)13-3-16(7)9-6(18)4-1-11(4,2-17)20-9/h3-4,6,9,17-18H,1-2H2,(H3,12,14,15,19)/t4-,6+,9+,11+/m0/s1. The number of aromatic amines is 1. The second kappa shape index (κ2) is 3.57. The van der Waals surface area contributed by atoms with Gasteiger partial charge < -0.3 is 20.7 Å². The van der Waals surface area contributed by atoms with Gasteiger partial charge in [0.15, 0.2) is 17.4 Å². The van der Waals surface area contributed by atoms with Crippen LogP contribution in [0.1, 0.15) is 12.6 Å². The quantitative estimate of drug-likeness (QED) is 0.516. The molecule has 0 unspecified atom stereocenters. The van der Waals surface area contributed by atoms with Crippen LogP contribution < -0.4 is 11.3 Å². The Kier molecular flexibility index (Phi) is 2.11. The molecule has 4 atom stereocenters. The van der Waals surface area contributed by atoms with Crippen LogP contribution in [0, 0.1) is 5.92 Å². The van der Waals surface area contributed by atoms with Gasteiger partial charge >= 0.3 is 0 Å². The second-order valence-corrected chi connectivity index (χ2v) is 5.31. The molecule has 0 bridgehead atoms. The van der Waals surface area contributed by atoms with Crippen LogP contribution in [0.25, 0.3) is 11.2 Å². The molecule has 2 aromatic rings. The van der Waals surface area contributed by atoms with Crippen molar-refractivity contribution in [1.29, 1.82) is 0 Å². The van der Waals surface area contributed by atoms with Gasteiger partial charge in [-0.3, -0.25) is 14.3 Å². The summed E-state index contributed by atoms with van der Waals surface area (Å²) in [5.74, 6) is -0.131. The number of hydrogen-bond acceptors (Lipinski definition) is 7. The zero-order chi connectivity index (χ0) is 14.1. The average molecular weight is 279 g/mol. The summed E-state index contributed by atoms with van der Waals surface area (Å²) in [4.78, 5) is 22.1.